The molecule has 0 saturated carbocycles. The van der Waals surface area contributed by atoms with Gasteiger partial charge in [0.05, 0.1) is 18.1 Å². The van der Waals surface area contributed by atoms with Crippen LogP contribution in [0.15, 0.2) is 30.5 Å². The first-order valence-electron chi connectivity index (χ1n) is 6.86. The summed E-state index contributed by atoms with van der Waals surface area (Å²) >= 11 is 6.22. The minimum absolute atomic E-state index is 0.588. The van der Waals surface area contributed by atoms with Gasteiger partial charge in [-0.1, -0.05) is 29.8 Å². The Bertz CT molecular complexity index is 781. The van der Waals surface area contributed by atoms with Gasteiger partial charge in [0.1, 0.15) is 11.6 Å². The van der Waals surface area contributed by atoms with E-state index in [1.807, 2.05) is 42.8 Å². The van der Waals surface area contributed by atoms with Crippen LogP contribution in [-0.4, -0.2) is 26.3 Å². The summed E-state index contributed by atoms with van der Waals surface area (Å²) in [5.41, 5.74) is 1.84. The van der Waals surface area contributed by atoms with Crippen LogP contribution in [0.25, 0.3) is 11.0 Å². The molecule has 5 nitrogen and oxygen atoms in total. The number of rotatable bonds is 4. The third-order valence-electron chi connectivity index (χ3n) is 3.23. The van der Waals surface area contributed by atoms with Crippen molar-refractivity contribution in [3.8, 4) is 0 Å². The van der Waals surface area contributed by atoms with E-state index in [9.17, 15) is 0 Å². The Labute approximate surface area is 128 Å². The monoisotopic (exact) mass is 301 g/mol. The number of hydrogen-bond acceptors (Lipinski definition) is 4. The van der Waals surface area contributed by atoms with Gasteiger partial charge in [-0.15, -0.1) is 0 Å². The van der Waals surface area contributed by atoms with Crippen molar-refractivity contribution < 1.29 is 0 Å². The van der Waals surface area contributed by atoms with Crippen LogP contribution in [0, 0.1) is 6.92 Å². The Hall–Kier alpha value is -2.14. The molecule has 0 aliphatic heterocycles. The van der Waals surface area contributed by atoms with E-state index in [1.165, 1.54) is 0 Å². The fourth-order valence-electron chi connectivity index (χ4n) is 2.27. The van der Waals surface area contributed by atoms with Crippen LogP contribution in [-0.2, 0) is 6.54 Å². The summed E-state index contributed by atoms with van der Waals surface area (Å²) in [6.07, 6.45) is 1.80. The number of nitrogens with zero attached hydrogens (tertiary/aromatic N) is 4. The lowest BCUT2D eigenvalue weighted by Gasteiger charge is -2.07. The Morgan fingerprint density at radius 1 is 1.24 bits per heavy atom. The molecule has 6 heteroatoms. The molecule has 3 rings (SSSR count). The molecule has 0 unspecified atom stereocenters. The maximum absolute atomic E-state index is 6.22. The number of nitrogens with one attached hydrogen (secondary N) is 1. The normalized spacial score (nSPS) is 11.0. The minimum atomic E-state index is 0.588. The van der Waals surface area contributed by atoms with Crippen molar-refractivity contribution in [2.45, 2.75) is 20.4 Å². The van der Waals surface area contributed by atoms with Gasteiger partial charge < -0.3 is 5.32 Å². The quantitative estimate of drug-likeness (QED) is 0.803. The van der Waals surface area contributed by atoms with Crippen molar-refractivity contribution in [1.29, 1.82) is 0 Å². The molecule has 0 fully saturated rings. The number of anilines is 1. The van der Waals surface area contributed by atoms with E-state index in [1.54, 1.807) is 6.20 Å². The van der Waals surface area contributed by atoms with Crippen molar-refractivity contribution in [1.82, 2.24) is 19.7 Å². The summed E-state index contributed by atoms with van der Waals surface area (Å²) in [6, 6.07) is 7.77. The van der Waals surface area contributed by atoms with Crippen LogP contribution in [0.2, 0.25) is 5.02 Å². The number of aryl methyl sites for hydroxylation is 1. The van der Waals surface area contributed by atoms with E-state index >= 15 is 0 Å². The highest BCUT2D eigenvalue weighted by Crippen LogP contribution is 2.22. The molecule has 2 heterocycles. The molecule has 0 radical (unpaired) electrons. The number of fused-ring (bicyclic) bond motifs is 1. The first kappa shape index (κ1) is 13.8. The Kier molecular flexibility index (Phi) is 3.75. The summed E-state index contributed by atoms with van der Waals surface area (Å²) in [4.78, 5) is 8.94. The Morgan fingerprint density at radius 3 is 2.81 bits per heavy atom. The molecule has 2 aromatic heterocycles. The molecule has 0 spiro atoms. The molecule has 108 valence electrons. The van der Waals surface area contributed by atoms with Crippen LogP contribution in [0.3, 0.4) is 0 Å². The van der Waals surface area contributed by atoms with Crippen molar-refractivity contribution in [2.24, 2.45) is 0 Å². The second-order valence-electron chi connectivity index (χ2n) is 4.78. The second-order valence-corrected chi connectivity index (χ2v) is 5.19. The molecule has 3 aromatic rings. The van der Waals surface area contributed by atoms with Gasteiger partial charge in [-0.3, -0.25) is 0 Å². The van der Waals surface area contributed by atoms with E-state index in [0.717, 1.165) is 39.8 Å². The largest absolute Gasteiger partial charge is 0.370 e. The lowest BCUT2D eigenvalue weighted by atomic mass is 10.2. The predicted molar refractivity (Wildman–Crippen MR) is 84.8 cm³/mol. The lowest BCUT2D eigenvalue weighted by Crippen LogP contribution is -2.06. The van der Waals surface area contributed by atoms with Crippen molar-refractivity contribution in [2.75, 3.05) is 11.9 Å². The predicted octanol–water partition coefficient (Wildman–Crippen LogP) is 3.27. The number of benzene rings is 1. The van der Waals surface area contributed by atoms with E-state index in [4.69, 9.17) is 11.6 Å². The highest BCUT2D eigenvalue weighted by Gasteiger charge is 2.12. The van der Waals surface area contributed by atoms with Crippen molar-refractivity contribution in [3.63, 3.8) is 0 Å². The van der Waals surface area contributed by atoms with Crippen molar-refractivity contribution >= 4 is 28.5 Å². The van der Waals surface area contributed by atoms with Gasteiger partial charge in [-0.25, -0.2) is 14.6 Å². The number of hydrogen-bond donors (Lipinski definition) is 1. The zero-order chi connectivity index (χ0) is 14.8. The van der Waals surface area contributed by atoms with Crippen molar-refractivity contribution in [3.05, 3.63) is 46.9 Å². The van der Waals surface area contributed by atoms with Crippen LogP contribution in [0.5, 0.6) is 0 Å². The second kappa shape index (κ2) is 5.69. The zero-order valence-corrected chi connectivity index (χ0v) is 12.7. The maximum Gasteiger partial charge on any atom is 0.163 e. The standard InChI is InChI=1S/C15H16ClN5/c1-3-17-14-12-8-18-21(15(12)20-10(2)19-14)9-11-6-4-5-7-13(11)16/h4-8H,3,9H2,1-2H3,(H,17,19,20). The highest BCUT2D eigenvalue weighted by atomic mass is 35.5. The Morgan fingerprint density at radius 2 is 2.05 bits per heavy atom. The van der Waals surface area contributed by atoms with Crippen LogP contribution >= 0.6 is 11.6 Å². The first-order valence-corrected chi connectivity index (χ1v) is 7.24. The number of halogens is 1. The average molecular weight is 302 g/mol. The molecule has 0 atom stereocenters. The number of aromatic nitrogens is 4. The smallest absolute Gasteiger partial charge is 0.163 e. The van der Waals surface area contributed by atoms with Gasteiger partial charge in [0.15, 0.2) is 5.65 Å². The molecule has 0 saturated heterocycles. The molecular weight excluding hydrogens is 286 g/mol. The SMILES string of the molecule is CCNc1nc(C)nc2c1cnn2Cc1ccccc1Cl. The fraction of sp³-hybridized carbons (Fsp3) is 0.267. The van der Waals surface area contributed by atoms with Gasteiger partial charge in [-0.2, -0.15) is 5.10 Å². The molecular formula is C15H16ClN5. The third-order valence-corrected chi connectivity index (χ3v) is 3.60. The molecule has 0 amide bonds. The van der Waals surface area contributed by atoms with E-state index in [0.29, 0.717) is 6.54 Å². The Balaban J connectivity index is 2.06. The fourth-order valence-corrected chi connectivity index (χ4v) is 2.47. The van der Waals surface area contributed by atoms with Gasteiger partial charge in [0.25, 0.3) is 0 Å². The lowest BCUT2D eigenvalue weighted by molar-refractivity contribution is 0.702. The third kappa shape index (κ3) is 2.69. The van der Waals surface area contributed by atoms with E-state index in [2.05, 4.69) is 20.4 Å². The van der Waals surface area contributed by atoms with E-state index < -0.39 is 0 Å². The van der Waals surface area contributed by atoms with Gasteiger partial charge in [0, 0.05) is 11.6 Å². The maximum atomic E-state index is 6.22. The van der Waals surface area contributed by atoms with Crippen LogP contribution in [0.1, 0.15) is 18.3 Å². The minimum Gasteiger partial charge on any atom is -0.370 e. The zero-order valence-electron chi connectivity index (χ0n) is 12.0. The van der Waals surface area contributed by atoms with Crippen LogP contribution in [0.4, 0.5) is 5.82 Å². The molecule has 1 N–H and O–H groups in total. The van der Waals surface area contributed by atoms with Gasteiger partial charge in [0.2, 0.25) is 0 Å². The molecule has 21 heavy (non-hydrogen) atoms. The molecule has 0 aliphatic carbocycles. The van der Waals surface area contributed by atoms with Gasteiger partial charge in [-0.05, 0) is 25.5 Å². The van der Waals surface area contributed by atoms with Gasteiger partial charge >= 0.3 is 0 Å². The molecule has 1 aromatic carbocycles. The highest BCUT2D eigenvalue weighted by molar-refractivity contribution is 6.31. The summed E-state index contributed by atoms with van der Waals surface area (Å²) in [5.74, 6) is 1.55. The summed E-state index contributed by atoms with van der Waals surface area (Å²) in [5, 5.41) is 9.34. The topological polar surface area (TPSA) is 55.6 Å². The summed E-state index contributed by atoms with van der Waals surface area (Å²) in [6.45, 7) is 5.32. The molecule has 0 aliphatic rings. The average Bonchev–Trinajstić information content (AvgIpc) is 2.85. The summed E-state index contributed by atoms with van der Waals surface area (Å²) in [7, 11) is 0. The van der Waals surface area contributed by atoms with E-state index in [-0.39, 0.29) is 0 Å². The first-order chi connectivity index (χ1) is 10.2. The van der Waals surface area contributed by atoms with Crippen LogP contribution < -0.4 is 5.32 Å². The molecule has 0 bridgehead atoms. The summed E-state index contributed by atoms with van der Waals surface area (Å²) < 4.78 is 1.85.